The summed E-state index contributed by atoms with van der Waals surface area (Å²) in [7, 11) is 0. The largest absolute Gasteiger partial charge is 0.389 e. The number of anilines is 1. The van der Waals surface area contributed by atoms with E-state index < -0.39 is 6.10 Å². The second kappa shape index (κ2) is 7.50. The van der Waals surface area contributed by atoms with Crippen molar-refractivity contribution in [3.63, 3.8) is 0 Å². The van der Waals surface area contributed by atoms with Crippen LogP contribution in [0.5, 0.6) is 0 Å². The quantitative estimate of drug-likeness (QED) is 0.843. The van der Waals surface area contributed by atoms with Crippen LogP contribution in [-0.4, -0.2) is 30.6 Å². The van der Waals surface area contributed by atoms with Gasteiger partial charge in [-0.25, -0.2) is 0 Å². The summed E-state index contributed by atoms with van der Waals surface area (Å²) >= 11 is 3.45. The van der Waals surface area contributed by atoms with Crippen LogP contribution in [0.1, 0.15) is 32.4 Å². The summed E-state index contributed by atoms with van der Waals surface area (Å²) in [4.78, 5) is 13.6. The van der Waals surface area contributed by atoms with Crippen LogP contribution in [0.4, 0.5) is 5.69 Å². The van der Waals surface area contributed by atoms with Gasteiger partial charge in [0.2, 0.25) is 5.91 Å². The molecule has 1 aromatic carbocycles. The number of amides is 1. The molecular weight excluding hydrogens is 308 g/mol. The van der Waals surface area contributed by atoms with Gasteiger partial charge in [0.1, 0.15) is 0 Å². The second-order valence-corrected chi connectivity index (χ2v) is 5.20. The molecule has 2 N–H and O–H groups in total. The van der Waals surface area contributed by atoms with Crippen molar-refractivity contribution >= 4 is 27.5 Å². The van der Waals surface area contributed by atoms with Gasteiger partial charge in [-0.1, -0.05) is 22.0 Å². The summed E-state index contributed by atoms with van der Waals surface area (Å²) in [6.45, 7) is 7.37. The molecule has 0 heterocycles. The lowest BCUT2D eigenvalue weighted by atomic mass is 10.1. The first-order chi connectivity index (χ1) is 8.99. The Morgan fingerprint density at radius 2 is 2.16 bits per heavy atom. The molecule has 0 bridgehead atoms. The molecule has 0 aliphatic carbocycles. The number of nitrogens with one attached hydrogen (secondary N) is 1. The Bertz CT molecular complexity index is 435. The highest BCUT2D eigenvalue weighted by atomic mass is 79.9. The zero-order chi connectivity index (χ0) is 14.4. The predicted octanol–water partition coefficient (Wildman–Crippen LogP) is 2.46. The third kappa shape index (κ3) is 4.51. The zero-order valence-electron chi connectivity index (χ0n) is 11.6. The number of halogens is 1. The molecule has 1 aromatic rings. The fourth-order valence-corrected chi connectivity index (χ4v) is 2.56. The van der Waals surface area contributed by atoms with E-state index in [0.29, 0.717) is 13.1 Å². The molecular formula is C14H21BrN2O2. The molecule has 0 radical (unpaired) electrons. The van der Waals surface area contributed by atoms with E-state index in [2.05, 4.69) is 21.2 Å². The van der Waals surface area contributed by atoms with Crippen molar-refractivity contribution in [2.45, 2.75) is 26.9 Å². The Morgan fingerprint density at radius 3 is 2.63 bits per heavy atom. The lowest BCUT2D eigenvalue weighted by Crippen LogP contribution is -2.37. The van der Waals surface area contributed by atoms with E-state index in [1.165, 1.54) is 0 Å². The number of nitrogens with zero attached hydrogens (tertiary/aromatic N) is 1. The number of hydrogen-bond donors (Lipinski definition) is 2. The number of rotatable bonds is 6. The Morgan fingerprint density at radius 1 is 1.47 bits per heavy atom. The highest BCUT2D eigenvalue weighted by molar-refractivity contribution is 9.10. The van der Waals surface area contributed by atoms with Crippen LogP contribution in [0.25, 0.3) is 0 Å². The fraction of sp³-hybridized carbons (Fsp3) is 0.500. The van der Waals surface area contributed by atoms with Crippen LogP contribution in [0, 0.1) is 0 Å². The van der Waals surface area contributed by atoms with Gasteiger partial charge in [0.25, 0.3) is 0 Å². The molecule has 0 unspecified atom stereocenters. The molecule has 4 nitrogen and oxygen atoms in total. The monoisotopic (exact) mass is 328 g/mol. The number of carbonyl (C=O) groups excluding carboxylic acids is 1. The van der Waals surface area contributed by atoms with Crippen LogP contribution in [0.3, 0.4) is 0 Å². The molecule has 1 rings (SSSR count). The summed E-state index contributed by atoms with van der Waals surface area (Å²) in [6, 6.07) is 5.74. The first-order valence-electron chi connectivity index (χ1n) is 6.48. The molecule has 0 aliphatic rings. The molecule has 1 amide bonds. The lowest BCUT2D eigenvalue weighted by Gasteiger charge is -2.23. The average Bonchev–Trinajstić information content (AvgIpc) is 2.35. The van der Waals surface area contributed by atoms with E-state index in [1.807, 2.05) is 36.9 Å². The summed E-state index contributed by atoms with van der Waals surface area (Å²) in [5.74, 6) is 0.0140. The molecule has 0 aliphatic heterocycles. The minimum Gasteiger partial charge on any atom is -0.389 e. The molecule has 106 valence electrons. The van der Waals surface area contributed by atoms with Gasteiger partial charge in [-0.05, 0) is 38.5 Å². The topological polar surface area (TPSA) is 52.6 Å². The summed E-state index contributed by atoms with van der Waals surface area (Å²) in [6.07, 6.45) is -0.512. The van der Waals surface area contributed by atoms with Crippen molar-refractivity contribution in [3.8, 4) is 0 Å². The van der Waals surface area contributed by atoms with Crippen LogP contribution in [-0.2, 0) is 4.79 Å². The number of benzene rings is 1. The maximum Gasteiger partial charge on any atom is 0.239 e. The molecule has 19 heavy (non-hydrogen) atoms. The maximum absolute atomic E-state index is 11.6. The van der Waals surface area contributed by atoms with Crippen molar-refractivity contribution < 1.29 is 9.90 Å². The van der Waals surface area contributed by atoms with Gasteiger partial charge in [-0.3, -0.25) is 4.79 Å². The first-order valence-corrected chi connectivity index (χ1v) is 7.28. The van der Waals surface area contributed by atoms with E-state index in [9.17, 15) is 9.90 Å². The summed E-state index contributed by atoms with van der Waals surface area (Å²) in [5, 5.41) is 12.4. The summed E-state index contributed by atoms with van der Waals surface area (Å²) < 4.78 is 0.856. The zero-order valence-corrected chi connectivity index (χ0v) is 13.2. The van der Waals surface area contributed by atoms with E-state index in [-0.39, 0.29) is 5.91 Å². The van der Waals surface area contributed by atoms with Gasteiger partial charge in [0.15, 0.2) is 0 Å². The molecule has 5 heteroatoms. The second-order valence-electron chi connectivity index (χ2n) is 4.35. The molecule has 1 atom stereocenters. The van der Waals surface area contributed by atoms with Gasteiger partial charge in [-0.2, -0.15) is 0 Å². The minimum atomic E-state index is -0.512. The third-order valence-electron chi connectivity index (χ3n) is 2.89. The molecule has 0 aromatic heterocycles. The van der Waals surface area contributed by atoms with Crippen LogP contribution in [0.2, 0.25) is 0 Å². The first kappa shape index (κ1) is 16.0. The highest BCUT2D eigenvalue weighted by Gasteiger charge is 2.12. The number of aliphatic hydroxyl groups excluding tert-OH is 1. The van der Waals surface area contributed by atoms with E-state index in [0.717, 1.165) is 22.3 Å². The fourth-order valence-electron chi connectivity index (χ4n) is 1.86. The van der Waals surface area contributed by atoms with Crippen molar-refractivity contribution in [3.05, 3.63) is 28.2 Å². The smallest absolute Gasteiger partial charge is 0.239 e. The van der Waals surface area contributed by atoms with E-state index in [1.54, 1.807) is 6.92 Å². The van der Waals surface area contributed by atoms with Crippen LogP contribution in [0.15, 0.2) is 22.7 Å². The molecule has 0 saturated heterocycles. The Hall–Kier alpha value is -1.07. The average molecular weight is 329 g/mol. The van der Waals surface area contributed by atoms with Crippen molar-refractivity contribution in [1.29, 1.82) is 0 Å². The number of aliphatic hydroxyl groups is 1. The summed E-state index contributed by atoms with van der Waals surface area (Å²) in [5.41, 5.74) is 1.81. The minimum absolute atomic E-state index is 0.0140. The van der Waals surface area contributed by atoms with Gasteiger partial charge in [0.05, 0.1) is 12.6 Å². The highest BCUT2D eigenvalue weighted by Crippen LogP contribution is 2.28. The number of hydrogen-bond acceptors (Lipinski definition) is 3. The SMILES string of the molecule is CCNC(=O)CN(CC)c1ccc([C@@H](C)O)c(Br)c1. The van der Waals surface area contributed by atoms with Gasteiger partial charge < -0.3 is 15.3 Å². The van der Waals surface area contributed by atoms with Gasteiger partial charge in [-0.15, -0.1) is 0 Å². The molecule has 0 spiro atoms. The normalized spacial score (nSPS) is 12.1. The van der Waals surface area contributed by atoms with Crippen molar-refractivity contribution in [2.75, 3.05) is 24.5 Å². The van der Waals surface area contributed by atoms with Crippen LogP contribution >= 0.6 is 15.9 Å². The van der Waals surface area contributed by atoms with Crippen molar-refractivity contribution in [2.24, 2.45) is 0 Å². The Kier molecular flexibility index (Phi) is 6.31. The maximum atomic E-state index is 11.6. The van der Waals surface area contributed by atoms with Crippen LogP contribution < -0.4 is 10.2 Å². The molecule has 0 saturated carbocycles. The van der Waals surface area contributed by atoms with E-state index >= 15 is 0 Å². The van der Waals surface area contributed by atoms with E-state index in [4.69, 9.17) is 0 Å². The lowest BCUT2D eigenvalue weighted by molar-refractivity contribution is -0.119. The third-order valence-corrected chi connectivity index (χ3v) is 3.58. The number of carbonyl (C=O) groups is 1. The Balaban J connectivity index is 2.87. The van der Waals surface area contributed by atoms with Gasteiger partial charge >= 0.3 is 0 Å². The predicted molar refractivity (Wildman–Crippen MR) is 81.3 cm³/mol. The standard InChI is InChI=1S/C14H21BrN2O2/c1-4-16-14(19)9-17(5-2)11-6-7-12(10(3)18)13(15)8-11/h6-8,10,18H,4-5,9H2,1-3H3,(H,16,19)/t10-/m1/s1. The van der Waals surface area contributed by atoms with Gasteiger partial charge in [0, 0.05) is 23.2 Å². The Labute approximate surface area is 122 Å². The van der Waals surface area contributed by atoms with Crippen molar-refractivity contribution in [1.82, 2.24) is 5.32 Å². The molecule has 0 fully saturated rings. The number of likely N-dealkylation sites (N-methyl/N-ethyl adjacent to an activating group) is 2.